The molecule has 2 N–H and O–H groups in total. The van der Waals surface area contributed by atoms with Gasteiger partial charge in [-0.25, -0.2) is 4.39 Å². The third-order valence-electron chi connectivity index (χ3n) is 2.50. The van der Waals surface area contributed by atoms with Crippen LogP contribution < -0.4 is 10.5 Å². The van der Waals surface area contributed by atoms with Crippen molar-refractivity contribution < 1.29 is 9.13 Å². The fourth-order valence-corrected chi connectivity index (χ4v) is 1.58. The van der Waals surface area contributed by atoms with E-state index in [4.69, 9.17) is 15.7 Å². The van der Waals surface area contributed by atoms with E-state index in [0.29, 0.717) is 17.9 Å². The molecular formula is C14H12FN3O. The van der Waals surface area contributed by atoms with Crippen molar-refractivity contribution in [1.82, 2.24) is 4.98 Å². The number of hydrogen-bond acceptors (Lipinski definition) is 4. The van der Waals surface area contributed by atoms with Crippen molar-refractivity contribution in [2.24, 2.45) is 5.73 Å². The number of pyridine rings is 1. The van der Waals surface area contributed by atoms with E-state index in [1.54, 1.807) is 24.4 Å². The van der Waals surface area contributed by atoms with Crippen molar-refractivity contribution in [2.75, 3.05) is 0 Å². The zero-order chi connectivity index (χ0) is 13.7. The largest absolute Gasteiger partial charge is 0.487 e. The van der Waals surface area contributed by atoms with Gasteiger partial charge >= 0.3 is 0 Å². The molecule has 1 heterocycles. The van der Waals surface area contributed by atoms with E-state index in [0.717, 1.165) is 5.69 Å². The second-order valence-corrected chi connectivity index (χ2v) is 3.94. The SMILES string of the molecule is N#Cc1cc(F)cc(COc2ccc(CN)nc2)c1. The molecule has 1 aromatic heterocycles. The summed E-state index contributed by atoms with van der Waals surface area (Å²) in [5, 5.41) is 8.75. The smallest absolute Gasteiger partial charge is 0.138 e. The summed E-state index contributed by atoms with van der Waals surface area (Å²) in [6, 6.07) is 9.52. The quantitative estimate of drug-likeness (QED) is 0.910. The first kappa shape index (κ1) is 13.0. The van der Waals surface area contributed by atoms with Crippen LogP contribution in [-0.4, -0.2) is 4.98 Å². The predicted octanol–water partition coefficient (Wildman–Crippen LogP) is 2.13. The topological polar surface area (TPSA) is 71.9 Å². The highest BCUT2D eigenvalue weighted by Gasteiger charge is 2.02. The van der Waals surface area contributed by atoms with Crippen LogP contribution in [0.2, 0.25) is 0 Å². The molecule has 0 saturated carbocycles. The molecule has 2 aromatic rings. The van der Waals surface area contributed by atoms with Gasteiger partial charge in [-0.2, -0.15) is 5.26 Å². The van der Waals surface area contributed by atoms with E-state index in [2.05, 4.69) is 4.98 Å². The molecule has 0 bridgehead atoms. The van der Waals surface area contributed by atoms with E-state index >= 15 is 0 Å². The minimum Gasteiger partial charge on any atom is -0.487 e. The molecule has 1 aromatic carbocycles. The molecule has 96 valence electrons. The van der Waals surface area contributed by atoms with Crippen LogP contribution in [0.25, 0.3) is 0 Å². The maximum Gasteiger partial charge on any atom is 0.138 e. The zero-order valence-corrected chi connectivity index (χ0v) is 10.1. The lowest BCUT2D eigenvalue weighted by atomic mass is 10.1. The number of benzene rings is 1. The Morgan fingerprint density at radius 3 is 2.79 bits per heavy atom. The maximum absolute atomic E-state index is 13.2. The summed E-state index contributed by atoms with van der Waals surface area (Å²) in [7, 11) is 0. The Hall–Kier alpha value is -2.45. The van der Waals surface area contributed by atoms with Crippen LogP contribution in [0, 0.1) is 17.1 Å². The highest BCUT2D eigenvalue weighted by Crippen LogP contribution is 2.14. The van der Waals surface area contributed by atoms with Crippen molar-refractivity contribution in [3.63, 3.8) is 0 Å². The van der Waals surface area contributed by atoms with E-state index in [1.807, 2.05) is 6.07 Å². The highest BCUT2D eigenvalue weighted by atomic mass is 19.1. The molecule has 0 aliphatic carbocycles. The minimum atomic E-state index is -0.450. The van der Waals surface area contributed by atoms with Crippen molar-refractivity contribution in [1.29, 1.82) is 5.26 Å². The van der Waals surface area contributed by atoms with Crippen LogP contribution in [0.1, 0.15) is 16.8 Å². The van der Waals surface area contributed by atoms with Gasteiger partial charge in [-0.1, -0.05) is 0 Å². The number of ether oxygens (including phenoxy) is 1. The number of nitrogens with zero attached hydrogens (tertiary/aromatic N) is 2. The Balaban J connectivity index is 2.05. The fourth-order valence-electron chi connectivity index (χ4n) is 1.58. The lowest BCUT2D eigenvalue weighted by molar-refractivity contribution is 0.304. The summed E-state index contributed by atoms with van der Waals surface area (Å²) >= 11 is 0. The van der Waals surface area contributed by atoms with Gasteiger partial charge in [0.25, 0.3) is 0 Å². The van der Waals surface area contributed by atoms with Gasteiger partial charge in [0, 0.05) is 6.54 Å². The summed E-state index contributed by atoms with van der Waals surface area (Å²) in [5.74, 6) is 0.120. The van der Waals surface area contributed by atoms with Crippen LogP contribution in [0.5, 0.6) is 5.75 Å². The van der Waals surface area contributed by atoms with Gasteiger partial charge in [0.2, 0.25) is 0 Å². The first-order valence-electron chi connectivity index (χ1n) is 5.68. The van der Waals surface area contributed by atoms with Crippen LogP contribution in [-0.2, 0) is 13.2 Å². The third kappa shape index (κ3) is 3.50. The molecule has 0 atom stereocenters. The first-order chi connectivity index (χ1) is 9.21. The summed E-state index contributed by atoms with van der Waals surface area (Å²) < 4.78 is 18.7. The zero-order valence-electron chi connectivity index (χ0n) is 10.1. The monoisotopic (exact) mass is 257 g/mol. The maximum atomic E-state index is 13.2. The summed E-state index contributed by atoms with van der Waals surface area (Å²) in [6.07, 6.45) is 1.56. The molecule has 0 unspecified atom stereocenters. The van der Waals surface area contributed by atoms with Crippen LogP contribution >= 0.6 is 0 Å². The standard InChI is InChI=1S/C14H12FN3O/c15-12-4-10(6-16)3-11(5-12)9-19-14-2-1-13(7-17)18-8-14/h1-5,8H,7,9,17H2. The lowest BCUT2D eigenvalue weighted by Gasteiger charge is -2.07. The average molecular weight is 257 g/mol. The number of aromatic nitrogens is 1. The van der Waals surface area contributed by atoms with Crippen molar-refractivity contribution in [3.05, 3.63) is 59.2 Å². The normalized spacial score (nSPS) is 9.95. The minimum absolute atomic E-state index is 0.177. The molecule has 0 radical (unpaired) electrons. The average Bonchev–Trinajstić information content (AvgIpc) is 2.45. The predicted molar refractivity (Wildman–Crippen MR) is 67.6 cm³/mol. The number of nitriles is 1. The van der Waals surface area contributed by atoms with Crippen molar-refractivity contribution >= 4 is 0 Å². The Kier molecular flexibility index (Phi) is 4.06. The van der Waals surface area contributed by atoms with Gasteiger partial charge < -0.3 is 10.5 Å². The van der Waals surface area contributed by atoms with Crippen molar-refractivity contribution in [3.8, 4) is 11.8 Å². The van der Waals surface area contributed by atoms with Gasteiger partial charge in [-0.05, 0) is 35.9 Å². The summed E-state index contributed by atoms with van der Waals surface area (Å²) in [4.78, 5) is 4.08. The van der Waals surface area contributed by atoms with E-state index in [1.165, 1.54) is 12.1 Å². The third-order valence-corrected chi connectivity index (χ3v) is 2.50. The van der Waals surface area contributed by atoms with E-state index < -0.39 is 5.82 Å². The van der Waals surface area contributed by atoms with E-state index in [9.17, 15) is 4.39 Å². The molecule has 19 heavy (non-hydrogen) atoms. The number of nitrogens with two attached hydrogens (primary N) is 1. The Morgan fingerprint density at radius 1 is 1.32 bits per heavy atom. The second-order valence-electron chi connectivity index (χ2n) is 3.94. The fraction of sp³-hybridized carbons (Fsp3) is 0.143. The van der Waals surface area contributed by atoms with Gasteiger partial charge in [0.05, 0.1) is 23.5 Å². The summed E-state index contributed by atoms with van der Waals surface area (Å²) in [5.41, 5.74) is 7.08. The lowest BCUT2D eigenvalue weighted by Crippen LogP contribution is -2.01. The molecule has 0 spiro atoms. The molecule has 2 rings (SSSR count). The van der Waals surface area contributed by atoms with Gasteiger partial charge in [-0.15, -0.1) is 0 Å². The van der Waals surface area contributed by atoms with E-state index in [-0.39, 0.29) is 12.2 Å². The molecule has 0 saturated heterocycles. The molecule has 4 nitrogen and oxygen atoms in total. The molecule has 0 amide bonds. The molecule has 0 fully saturated rings. The Bertz CT molecular complexity index is 605. The second kappa shape index (κ2) is 5.94. The number of hydrogen-bond donors (Lipinski definition) is 1. The van der Waals surface area contributed by atoms with Gasteiger partial charge in [-0.3, -0.25) is 4.98 Å². The van der Waals surface area contributed by atoms with Crippen LogP contribution in [0.15, 0.2) is 36.5 Å². The molecule has 5 heteroatoms. The van der Waals surface area contributed by atoms with Crippen molar-refractivity contribution in [2.45, 2.75) is 13.2 Å². The first-order valence-corrected chi connectivity index (χ1v) is 5.68. The molecule has 0 aliphatic heterocycles. The van der Waals surface area contributed by atoms with Gasteiger partial charge in [0.1, 0.15) is 18.2 Å². The van der Waals surface area contributed by atoms with Gasteiger partial charge in [0.15, 0.2) is 0 Å². The Labute approximate surface area is 110 Å². The highest BCUT2D eigenvalue weighted by molar-refractivity contribution is 5.33. The van der Waals surface area contributed by atoms with Crippen LogP contribution in [0.4, 0.5) is 4.39 Å². The number of halogens is 1. The molecular weight excluding hydrogens is 245 g/mol. The number of rotatable bonds is 4. The Morgan fingerprint density at radius 2 is 2.16 bits per heavy atom. The van der Waals surface area contributed by atoms with Crippen LogP contribution in [0.3, 0.4) is 0 Å². The summed E-state index contributed by atoms with van der Waals surface area (Å²) in [6.45, 7) is 0.547. The molecule has 0 aliphatic rings.